The molecule has 4 rings (SSSR count). The van der Waals surface area contributed by atoms with Crippen LogP contribution >= 0.6 is 23.2 Å². The maximum atomic E-state index is 6.22. The van der Waals surface area contributed by atoms with Crippen LogP contribution in [0.15, 0.2) is 71.8 Å². The van der Waals surface area contributed by atoms with Gasteiger partial charge < -0.3 is 14.7 Å². The van der Waals surface area contributed by atoms with Crippen LogP contribution in [-0.4, -0.2) is 17.9 Å². The fourth-order valence-electron chi connectivity index (χ4n) is 3.74. The molecule has 1 aromatic heterocycles. The van der Waals surface area contributed by atoms with Crippen molar-refractivity contribution < 1.29 is 4.74 Å². The lowest BCUT2D eigenvalue weighted by Gasteiger charge is -2.10. The molecule has 0 radical (unpaired) electrons. The van der Waals surface area contributed by atoms with Crippen LogP contribution < -0.4 is 10.2 Å². The van der Waals surface area contributed by atoms with Crippen LogP contribution in [0.5, 0.6) is 5.75 Å². The van der Waals surface area contributed by atoms with E-state index in [1.54, 1.807) is 7.11 Å². The number of benzene rings is 3. The summed E-state index contributed by atoms with van der Waals surface area (Å²) >= 11 is 12.3. The molecule has 3 aromatic carbocycles. The number of hydrogen-bond donors (Lipinski definition) is 1. The van der Waals surface area contributed by atoms with Crippen molar-refractivity contribution in [3.8, 4) is 5.75 Å². The van der Waals surface area contributed by atoms with Gasteiger partial charge in [-0.1, -0.05) is 65.7 Å². The molecular formula is C25H23Cl2N3O. The third kappa shape index (κ3) is 4.55. The minimum Gasteiger partial charge on any atom is -0.496 e. The van der Waals surface area contributed by atoms with Gasteiger partial charge in [-0.2, -0.15) is 5.10 Å². The molecule has 4 aromatic rings. The largest absolute Gasteiger partial charge is 0.496 e. The fraction of sp³-hybridized carbons (Fsp3) is 0.160. The lowest BCUT2D eigenvalue weighted by molar-refractivity contribution is 0.408. The summed E-state index contributed by atoms with van der Waals surface area (Å²) in [5.41, 5.74) is 8.66. The zero-order valence-electron chi connectivity index (χ0n) is 17.4. The van der Waals surface area contributed by atoms with E-state index in [0.29, 0.717) is 23.1 Å². The van der Waals surface area contributed by atoms with Crippen LogP contribution in [0.2, 0.25) is 10.0 Å². The number of rotatable bonds is 7. The second-order valence-corrected chi connectivity index (χ2v) is 8.07. The number of nitrogens with one attached hydrogen (secondary N) is 1. The van der Waals surface area contributed by atoms with E-state index in [2.05, 4.69) is 34.2 Å². The predicted octanol–water partition coefficient (Wildman–Crippen LogP) is 6.44. The van der Waals surface area contributed by atoms with E-state index in [0.717, 1.165) is 39.0 Å². The quantitative estimate of drug-likeness (QED) is 0.259. The van der Waals surface area contributed by atoms with E-state index in [1.807, 2.05) is 60.8 Å². The smallest absolute Gasteiger partial charge is 0.123 e. The van der Waals surface area contributed by atoms with Gasteiger partial charge in [-0.05, 0) is 36.8 Å². The van der Waals surface area contributed by atoms with Crippen molar-refractivity contribution in [2.45, 2.75) is 20.0 Å². The lowest BCUT2D eigenvalue weighted by atomic mass is 10.1. The lowest BCUT2D eigenvalue weighted by Crippen LogP contribution is -2.07. The minimum absolute atomic E-state index is 0.563. The molecule has 0 unspecified atom stereocenters. The van der Waals surface area contributed by atoms with Gasteiger partial charge in [0, 0.05) is 34.3 Å². The van der Waals surface area contributed by atoms with Crippen molar-refractivity contribution in [3.63, 3.8) is 0 Å². The fourth-order valence-corrected chi connectivity index (χ4v) is 4.06. The Hall–Kier alpha value is -2.95. The molecule has 0 fully saturated rings. The Balaban J connectivity index is 1.60. The molecule has 0 saturated heterocycles. The van der Waals surface area contributed by atoms with Crippen molar-refractivity contribution in [2.75, 3.05) is 7.11 Å². The molecule has 0 saturated carbocycles. The highest BCUT2D eigenvalue weighted by Gasteiger charge is 2.13. The number of aromatic nitrogens is 1. The van der Waals surface area contributed by atoms with Gasteiger partial charge in [-0.15, -0.1) is 0 Å². The molecule has 0 aliphatic rings. The van der Waals surface area contributed by atoms with Gasteiger partial charge in [-0.25, -0.2) is 0 Å². The number of nitrogens with zero attached hydrogens (tertiary/aromatic N) is 2. The number of halogens is 2. The summed E-state index contributed by atoms with van der Waals surface area (Å²) in [4.78, 5) is 0. The average molecular weight is 452 g/mol. The summed E-state index contributed by atoms with van der Waals surface area (Å²) in [7, 11) is 1.67. The molecule has 6 heteroatoms. The first kappa shape index (κ1) is 21.3. The molecule has 0 amide bonds. The molecule has 0 aliphatic heterocycles. The number of hydrogen-bond acceptors (Lipinski definition) is 3. The van der Waals surface area contributed by atoms with Crippen LogP contribution in [0.4, 0.5) is 0 Å². The molecule has 0 aliphatic carbocycles. The second kappa shape index (κ2) is 9.46. The topological polar surface area (TPSA) is 38.5 Å². The molecule has 1 N–H and O–H groups in total. The molecule has 158 valence electrons. The number of fused-ring (bicyclic) bond motifs is 1. The Bertz CT molecular complexity index is 1250. The van der Waals surface area contributed by atoms with Gasteiger partial charge in [0.15, 0.2) is 0 Å². The molecule has 0 spiro atoms. The normalized spacial score (nSPS) is 11.4. The van der Waals surface area contributed by atoms with E-state index in [1.165, 1.54) is 0 Å². The van der Waals surface area contributed by atoms with Gasteiger partial charge in [0.25, 0.3) is 0 Å². The number of para-hydroxylation sites is 2. The summed E-state index contributed by atoms with van der Waals surface area (Å²) < 4.78 is 7.67. The molecule has 0 atom stereocenters. The Labute approximate surface area is 192 Å². The Kier molecular flexibility index (Phi) is 6.50. The van der Waals surface area contributed by atoms with E-state index in [4.69, 9.17) is 27.9 Å². The zero-order valence-corrected chi connectivity index (χ0v) is 18.9. The van der Waals surface area contributed by atoms with Crippen LogP contribution in [0.25, 0.3) is 10.9 Å². The first-order chi connectivity index (χ1) is 15.1. The molecule has 1 heterocycles. The van der Waals surface area contributed by atoms with Crippen molar-refractivity contribution >= 4 is 40.3 Å². The Morgan fingerprint density at radius 2 is 1.77 bits per heavy atom. The molecular weight excluding hydrogens is 429 g/mol. The Morgan fingerprint density at radius 3 is 2.58 bits per heavy atom. The van der Waals surface area contributed by atoms with Crippen molar-refractivity contribution in [2.24, 2.45) is 5.10 Å². The highest BCUT2D eigenvalue weighted by molar-refractivity contribution is 6.42. The minimum atomic E-state index is 0.563. The van der Waals surface area contributed by atoms with Gasteiger partial charge in [0.05, 0.1) is 29.9 Å². The molecule has 0 bridgehead atoms. The summed E-state index contributed by atoms with van der Waals surface area (Å²) in [5, 5.41) is 6.77. The van der Waals surface area contributed by atoms with E-state index < -0.39 is 0 Å². The maximum Gasteiger partial charge on any atom is 0.123 e. The van der Waals surface area contributed by atoms with Crippen molar-refractivity contribution in [1.29, 1.82) is 0 Å². The number of ether oxygens (including phenoxy) is 1. The van der Waals surface area contributed by atoms with E-state index in [-0.39, 0.29) is 0 Å². The summed E-state index contributed by atoms with van der Waals surface area (Å²) in [6, 6.07) is 22.0. The van der Waals surface area contributed by atoms with Crippen LogP contribution in [-0.2, 0) is 13.1 Å². The summed E-state index contributed by atoms with van der Waals surface area (Å²) in [6.45, 7) is 3.40. The Morgan fingerprint density at radius 1 is 1.00 bits per heavy atom. The molecule has 4 nitrogen and oxygen atoms in total. The van der Waals surface area contributed by atoms with Crippen molar-refractivity contribution in [3.05, 3.63) is 99.2 Å². The first-order valence-corrected chi connectivity index (χ1v) is 10.7. The monoisotopic (exact) mass is 451 g/mol. The van der Waals surface area contributed by atoms with Crippen LogP contribution in [0, 0.1) is 6.92 Å². The second-order valence-electron chi connectivity index (χ2n) is 7.26. The molecule has 31 heavy (non-hydrogen) atoms. The van der Waals surface area contributed by atoms with Gasteiger partial charge >= 0.3 is 0 Å². The van der Waals surface area contributed by atoms with Crippen molar-refractivity contribution in [1.82, 2.24) is 9.99 Å². The predicted molar refractivity (Wildman–Crippen MR) is 130 cm³/mol. The van der Waals surface area contributed by atoms with Gasteiger partial charge in [0.1, 0.15) is 5.75 Å². The third-order valence-corrected chi connectivity index (χ3v) is 6.09. The number of hydrazone groups is 1. The van der Waals surface area contributed by atoms with Crippen LogP contribution in [0.3, 0.4) is 0 Å². The zero-order chi connectivity index (χ0) is 21.8. The standard InChI is InChI=1S/C25H23Cl2N3O/c1-17-21(15-29-28-14-19-7-3-6-10-25(19)31-2)20-8-4-5-9-24(20)30(17)16-18-11-12-22(26)23(27)13-18/h3-13,15,28H,14,16H2,1-2H3/b29-15+. The van der Waals surface area contributed by atoms with E-state index in [9.17, 15) is 0 Å². The van der Waals surface area contributed by atoms with E-state index >= 15 is 0 Å². The summed E-state index contributed by atoms with van der Waals surface area (Å²) in [6.07, 6.45) is 1.89. The number of methoxy groups -OCH3 is 1. The third-order valence-electron chi connectivity index (χ3n) is 5.35. The first-order valence-electron chi connectivity index (χ1n) is 9.98. The maximum absolute atomic E-state index is 6.22. The highest BCUT2D eigenvalue weighted by atomic mass is 35.5. The SMILES string of the molecule is COc1ccccc1CN/N=C/c1c(C)n(Cc2ccc(Cl)c(Cl)c2)c2ccccc12. The summed E-state index contributed by atoms with van der Waals surface area (Å²) in [5.74, 6) is 0.847. The van der Waals surface area contributed by atoms with Gasteiger partial charge in [-0.3, -0.25) is 0 Å². The average Bonchev–Trinajstić information content (AvgIpc) is 3.05. The van der Waals surface area contributed by atoms with Crippen LogP contribution in [0.1, 0.15) is 22.4 Å². The van der Waals surface area contributed by atoms with Gasteiger partial charge in [0.2, 0.25) is 0 Å². The highest BCUT2D eigenvalue weighted by Crippen LogP contribution is 2.28.